The van der Waals surface area contributed by atoms with Crippen molar-refractivity contribution in [2.75, 3.05) is 0 Å². The first-order valence-electron chi connectivity index (χ1n) is 8.30. The maximum Gasteiger partial charge on any atom is 0.311 e. The summed E-state index contributed by atoms with van der Waals surface area (Å²) >= 11 is 1.49. The third-order valence-electron chi connectivity index (χ3n) is 4.26. The van der Waals surface area contributed by atoms with Gasteiger partial charge in [-0.15, -0.1) is 11.3 Å². The summed E-state index contributed by atoms with van der Waals surface area (Å²) in [5, 5.41) is 12.4. The van der Waals surface area contributed by atoms with Crippen LogP contribution in [-0.4, -0.2) is 20.9 Å². The number of fused-ring (bicyclic) bond motifs is 2. The largest absolute Gasteiger partial charge is 0.455 e. The third kappa shape index (κ3) is 3.39. The highest BCUT2D eigenvalue weighted by Gasteiger charge is 2.18. The number of nitrogens with one attached hydrogen (secondary N) is 1. The van der Waals surface area contributed by atoms with E-state index in [0.29, 0.717) is 10.9 Å². The smallest absolute Gasteiger partial charge is 0.311 e. The first-order chi connectivity index (χ1) is 13.0. The van der Waals surface area contributed by atoms with Gasteiger partial charge in [-0.1, -0.05) is 12.1 Å². The first kappa shape index (κ1) is 17.2. The fourth-order valence-corrected chi connectivity index (χ4v) is 3.88. The number of non-ortho nitro benzene ring substituents is 1. The van der Waals surface area contributed by atoms with E-state index in [-0.39, 0.29) is 12.1 Å². The number of hydrogen-bond donors (Lipinski definition) is 1. The highest BCUT2D eigenvalue weighted by Crippen LogP contribution is 2.29. The van der Waals surface area contributed by atoms with Gasteiger partial charge in [-0.05, 0) is 30.7 Å². The minimum atomic E-state index is -0.463. The van der Waals surface area contributed by atoms with Gasteiger partial charge in [-0.3, -0.25) is 14.9 Å². The second kappa shape index (κ2) is 6.81. The summed E-state index contributed by atoms with van der Waals surface area (Å²) in [6.07, 6.45) is 1.24. The molecule has 1 atom stereocenters. The molecule has 136 valence electrons. The summed E-state index contributed by atoms with van der Waals surface area (Å²) in [5.41, 5.74) is 2.27. The SMILES string of the molecule is CC(OC(=O)Cc1c[nH]c2ccc([N+](=O)[O-])cc12)c1nc2ccccc2s1. The van der Waals surface area contributed by atoms with Crippen LogP contribution in [0, 0.1) is 10.1 Å². The number of esters is 1. The van der Waals surface area contributed by atoms with E-state index < -0.39 is 17.0 Å². The predicted octanol–water partition coefficient (Wildman–Crippen LogP) is 4.53. The van der Waals surface area contributed by atoms with Gasteiger partial charge >= 0.3 is 5.97 Å². The lowest BCUT2D eigenvalue weighted by molar-refractivity contribution is -0.384. The Morgan fingerprint density at radius 1 is 1.33 bits per heavy atom. The summed E-state index contributed by atoms with van der Waals surface area (Å²) in [5.74, 6) is -0.408. The lowest BCUT2D eigenvalue weighted by atomic mass is 10.1. The maximum atomic E-state index is 12.4. The number of carbonyl (C=O) groups excluding carboxylic acids is 1. The molecule has 0 saturated heterocycles. The number of nitro groups is 1. The molecule has 7 nitrogen and oxygen atoms in total. The van der Waals surface area contributed by atoms with Crippen molar-refractivity contribution in [2.24, 2.45) is 0 Å². The fourth-order valence-electron chi connectivity index (χ4n) is 2.93. The van der Waals surface area contributed by atoms with E-state index in [2.05, 4.69) is 9.97 Å². The van der Waals surface area contributed by atoms with Crippen LogP contribution in [0.15, 0.2) is 48.7 Å². The van der Waals surface area contributed by atoms with Crippen LogP contribution in [0.4, 0.5) is 5.69 Å². The number of thiazole rings is 1. The van der Waals surface area contributed by atoms with E-state index in [1.54, 1.807) is 19.2 Å². The van der Waals surface area contributed by atoms with Crippen LogP contribution in [0.3, 0.4) is 0 Å². The van der Waals surface area contributed by atoms with Gasteiger partial charge in [0.1, 0.15) is 5.01 Å². The van der Waals surface area contributed by atoms with E-state index in [4.69, 9.17) is 4.74 Å². The molecule has 27 heavy (non-hydrogen) atoms. The minimum absolute atomic E-state index is 0.0143. The van der Waals surface area contributed by atoms with Crippen LogP contribution in [0.5, 0.6) is 0 Å². The summed E-state index contributed by atoms with van der Waals surface area (Å²) in [6.45, 7) is 1.79. The maximum absolute atomic E-state index is 12.4. The van der Waals surface area contributed by atoms with Crippen molar-refractivity contribution in [1.29, 1.82) is 0 Å². The average molecular weight is 381 g/mol. The lowest BCUT2D eigenvalue weighted by Crippen LogP contribution is -2.11. The predicted molar refractivity (Wildman–Crippen MR) is 103 cm³/mol. The van der Waals surface area contributed by atoms with Crippen LogP contribution >= 0.6 is 11.3 Å². The van der Waals surface area contributed by atoms with Gasteiger partial charge < -0.3 is 9.72 Å². The molecule has 4 aromatic rings. The van der Waals surface area contributed by atoms with Crippen molar-refractivity contribution in [3.05, 3.63) is 69.3 Å². The number of hydrogen-bond acceptors (Lipinski definition) is 6. The Balaban J connectivity index is 1.51. The molecule has 1 N–H and O–H groups in total. The molecule has 2 heterocycles. The van der Waals surface area contributed by atoms with Crippen LogP contribution in [0.2, 0.25) is 0 Å². The Bertz CT molecular complexity index is 1130. The highest BCUT2D eigenvalue weighted by atomic mass is 32.1. The summed E-state index contributed by atoms with van der Waals surface area (Å²) in [4.78, 5) is 30.4. The Morgan fingerprint density at radius 2 is 2.15 bits per heavy atom. The van der Waals surface area contributed by atoms with Crippen LogP contribution in [0.1, 0.15) is 23.6 Å². The van der Waals surface area contributed by atoms with Gasteiger partial charge in [-0.25, -0.2) is 4.98 Å². The minimum Gasteiger partial charge on any atom is -0.455 e. The molecule has 1 unspecified atom stereocenters. The molecule has 0 aliphatic rings. The van der Waals surface area contributed by atoms with Crippen molar-refractivity contribution < 1.29 is 14.5 Å². The van der Waals surface area contributed by atoms with Gasteiger partial charge in [0.15, 0.2) is 6.10 Å². The Hall–Kier alpha value is -3.26. The molecular formula is C19H15N3O4S. The van der Waals surface area contributed by atoms with Gasteiger partial charge in [-0.2, -0.15) is 0 Å². The monoisotopic (exact) mass is 381 g/mol. The second-order valence-electron chi connectivity index (χ2n) is 6.13. The molecule has 0 spiro atoms. The summed E-state index contributed by atoms with van der Waals surface area (Å²) in [6, 6.07) is 12.3. The van der Waals surface area contributed by atoms with Crippen molar-refractivity contribution in [1.82, 2.24) is 9.97 Å². The van der Waals surface area contributed by atoms with Crippen molar-refractivity contribution in [3.8, 4) is 0 Å². The summed E-state index contributed by atoms with van der Waals surface area (Å²) < 4.78 is 6.57. The fraction of sp³-hybridized carbons (Fsp3) is 0.158. The molecule has 0 aliphatic carbocycles. The third-order valence-corrected chi connectivity index (χ3v) is 5.46. The molecule has 4 rings (SSSR count). The molecule has 0 fully saturated rings. The zero-order valence-electron chi connectivity index (χ0n) is 14.3. The molecule has 0 saturated carbocycles. The molecule has 0 amide bonds. The Labute approximate surface area is 157 Å². The molecule has 2 aromatic carbocycles. The van der Waals surface area contributed by atoms with Gasteiger partial charge in [0.2, 0.25) is 0 Å². The average Bonchev–Trinajstić information content (AvgIpc) is 3.25. The number of carbonyl (C=O) groups is 1. The van der Waals surface area contributed by atoms with Crippen molar-refractivity contribution in [2.45, 2.75) is 19.4 Å². The number of H-pyrrole nitrogens is 1. The highest BCUT2D eigenvalue weighted by molar-refractivity contribution is 7.18. The molecule has 0 aliphatic heterocycles. The van der Waals surface area contributed by atoms with Gasteiger partial charge in [0, 0.05) is 29.2 Å². The van der Waals surface area contributed by atoms with E-state index >= 15 is 0 Å². The topological polar surface area (TPSA) is 98.1 Å². The van der Waals surface area contributed by atoms with Crippen molar-refractivity contribution in [3.63, 3.8) is 0 Å². The number of nitrogens with zero attached hydrogens (tertiary/aromatic N) is 2. The summed E-state index contributed by atoms with van der Waals surface area (Å²) in [7, 11) is 0. The lowest BCUT2D eigenvalue weighted by Gasteiger charge is -2.10. The number of para-hydroxylation sites is 1. The molecule has 0 radical (unpaired) electrons. The first-order valence-corrected chi connectivity index (χ1v) is 9.12. The van der Waals surface area contributed by atoms with E-state index in [0.717, 1.165) is 20.7 Å². The van der Waals surface area contributed by atoms with E-state index in [1.807, 2.05) is 24.3 Å². The van der Waals surface area contributed by atoms with Gasteiger partial charge in [0.05, 0.1) is 21.6 Å². The van der Waals surface area contributed by atoms with Crippen LogP contribution in [0.25, 0.3) is 21.1 Å². The number of nitro benzene ring substituents is 1. The number of benzene rings is 2. The Kier molecular flexibility index (Phi) is 4.33. The molecule has 0 bridgehead atoms. The number of ether oxygens (including phenoxy) is 1. The van der Waals surface area contributed by atoms with Crippen molar-refractivity contribution >= 4 is 44.1 Å². The molecular weight excluding hydrogens is 366 g/mol. The van der Waals surface area contributed by atoms with Gasteiger partial charge in [0.25, 0.3) is 5.69 Å². The van der Waals surface area contributed by atoms with E-state index in [1.165, 1.54) is 23.5 Å². The quantitative estimate of drug-likeness (QED) is 0.311. The Morgan fingerprint density at radius 3 is 2.93 bits per heavy atom. The number of aromatic amines is 1. The number of rotatable bonds is 5. The standard InChI is InChI=1S/C19H15N3O4S/c1-11(19-21-16-4-2-3-5-17(16)27-19)26-18(23)8-12-10-20-15-7-6-13(22(24)25)9-14(12)15/h2-7,9-11,20H,8H2,1H3. The number of aromatic nitrogens is 2. The molecule has 8 heteroatoms. The van der Waals surface area contributed by atoms with E-state index in [9.17, 15) is 14.9 Å². The molecule has 2 aromatic heterocycles. The van der Waals surface area contributed by atoms with Crippen LogP contribution < -0.4 is 0 Å². The second-order valence-corrected chi connectivity index (χ2v) is 7.19. The van der Waals surface area contributed by atoms with Crippen LogP contribution in [-0.2, 0) is 16.0 Å². The zero-order chi connectivity index (χ0) is 19.0. The normalized spacial score (nSPS) is 12.3. The zero-order valence-corrected chi connectivity index (χ0v) is 15.2.